The smallest absolute Gasteiger partial charge is 0.326 e. The summed E-state index contributed by atoms with van der Waals surface area (Å²) in [6.07, 6.45) is 1.31. The molecule has 8 nitrogen and oxygen atoms in total. The molecule has 0 rings (SSSR count). The van der Waals surface area contributed by atoms with Gasteiger partial charge in [0.15, 0.2) is 0 Å². The summed E-state index contributed by atoms with van der Waals surface area (Å²) >= 11 is 0. The van der Waals surface area contributed by atoms with Crippen molar-refractivity contribution in [3.05, 3.63) is 11.8 Å². The van der Waals surface area contributed by atoms with Crippen molar-refractivity contribution < 1.29 is 24.6 Å². The van der Waals surface area contributed by atoms with Crippen LogP contribution in [0.3, 0.4) is 0 Å². The van der Waals surface area contributed by atoms with Crippen LogP contribution in [0.2, 0.25) is 0 Å². The second-order valence-electron chi connectivity index (χ2n) is 4.43. The molecule has 20 heavy (non-hydrogen) atoms. The second-order valence-corrected chi connectivity index (χ2v) is 4.43. The van der Waals surface area contributed by atoms with Gasteiger partial charge in [-0.05, 0) is 12.3 Å². The molecule has 0 aliphatic carbocycles. The van der Waals surface area contributed by atoms with Gasteiger partial charge in [0.1, 0.15) is 24.2 Å². The van der Waals surface area contributed by atoms with Crippen LogP contribution in [0.5, 0.6) is 0 Å². The summed E-state index contributed by atoms with van der Waals surface area (Å²) < 4.78 is 0. The maximum atomic E-state index is 11.4. The predicted molar refractivity (Wildman–Crippen MR) is 68.4 cm³/mol. The molecule has 1 unspecified atom stereocenters. The van der Waals surface area contributed by atoms with E-state index in [1.807, 2.05) is 19.2 Å². The number of carboxylic acid groups (broad SMARTS) is 2. The molecule has 0 aliphatic heterocycles. The van der Waals surface area contributed by atoms with Crippen LogP contribution >= 0.6 is 0 Å². The Labute approximate surface area is 116 Å². The number of aliphatic carboxylic acids is 2. The first-order chi connectivity index (χ1) is 9.27. The van der Waals surface area contributed by atoms with Crippen LogP contribution in [0.15, 0.2) is 11.8 Å². The monoisotopic (exact) mass is 283 g/mol. The Morgan fingerprint density at radius 3 is 2.30 bits per heavy atom. The van der Waals surface area contributed by atoms with Gasteiger partial charge in [0.25, 0.3) is 5.91 Å². The van der Waals surface area contributed by atoms with E-state index in [2.05, 4.69) is 5.32 Å². The fourth-order valence-corrected chi connectivity index (χ4v) is 1.30. The molecule has 0 radical (unpaired) electrons. The maximum Gasteiger partial charge on any atom is 0.326 e. The first-order valence-corrected chi connectivity index (χ1v) is 5.87. The second kappa shape index (κ2) is 8.53. The number of carboxylic acids is 2. The van der Waals surface area contributed by atoms with Crippen LogP contribution in [-0.4, -0.2) is 40.6 Å². The summed E-state index contributed by atoms with van der Waals surface area (Å²) in [5.74, 6) is -3.11. The van der Waals surface area contributed by atoms with Gasteiger partial charge < -0.3 is 20.8 Å². The molecule has 0 aromatic carbocycles. The highest BCUT2D eigenvalue weighted by Gasteiger charge is 2.18. The van der Waals surface area contributed by atoms with Gasteiger partial charge in [-0.2, -0.15) is 5.26 Å². The number of carbonyl (C=O) groups is 3. The average molecular weight is 283 g/mol. The molecule has 0 saturated carbocycles. The van der Waals surface area contributed by atoms with E-state index in [4.69, 9.17) is 15.5 Å². The van der Waals surface area contributed by atoms with Crippen LogP contribution < -0.4 is 10.6 Å². The van der Waals surface area contributed by atoms with Crippen molar-refractivity contribution in [2.45, 2.75) is 26.3 Å². The molecule has 110 valence electrons. The third kappa shape index (κ3) is 7.00. The van der Waals surface area contributed by atoms with Crippen LogP contribution in [0.4, 0.5) is 0 Å². The average Bonchev–Trinajstić information content (AvgIpc) is 2.34. The minimum absolute atomic E-state index is 0.114. The molecule has 0 saturated heterocycles. The SMILES string of the molecule is CC(C)CC(N/C=C(/C#N)C(=O)NCC(=O)O)C(=O)O. The number of nitrogens with zero attached hydrogens (tertiary/aromatic N) is 1. The molecule has 0 spiro atoms. The Morgan fingerprint density at radius 1 is 1.30 bits per heavy atom. The fraction of sp³-hybridized carbons (Fsp3) is 0.500. The first kappa shape index (κ1) is 17.4. The Morgan fingerprint density at radius 2 is 1.90 bits per heavy atom. The lowest BCUT2D eigenvalue weighted by Crippen LogP contribution is -2.36. The van der Waals surface area contributed by atoms with E-state index in [9.17, 15) is 14.4 Å². The van der Waals surface area contributed by atoms with Gasteiger partial charge in [0.2, 0.25) is 0 Å². The predicted octanol–water partition coefficient (Wildman–Crippen LogP) is -0.316. The van der Waals surface area contributed by atoms with Gasteiger partial charge >= 0.3 is 11.9 Å². The van der Waals surface area contributed by atoms with Gasteiger partial charge in [0.05, 0.1) is 0 Å². The van der Waals surface area contributed by atoms with Gasteiger partial charge in [0, 0.05) is 6.20 Å². The minimum atomic E-state index is -1.24. The number of nitrogens with one attached hydrogen (secondary N) is 2. The van der Waals surface area contributed by atoms with Gasteiger partial charge in [-0.1, -0.05) is 13.8 Å². The third-order valence-corrected chi connectivity index (χ3v) is 2.20. The highest BCUT2D eigenvalue weighted by Crippen LogP contribution is 2.05. The van der Waals surface area contributed by atoms with E-state index < -0.39 is 30.4 Å². The standard InChI is InChI=1S/C12H17N3O5/c1-7(2)3-9(12(19)20)14-5-8(4-13)11(18)15-6-10(16)17/h5,7,9,14H,3,6H2,1-2H3,(H,15,18)(H,16,17)(H,19,20)/b8-5-. The summed E-state index contributed by atoms with van der Waals surface area (Å²) in [5.41, 5.74) is -0.388. The van der Waals surface area contributed by atoms with Crippen molar-refractivity contribution in [1.29, 1.82) is 5.26 Å². The van der Waals surface area contributed by atoms with Crippen molar-refractivity contribution in [3.8, 4) is 6.07 Å². The largest absolute Gasteiger partial charge is 0.480 e. The van der Waals surface area contributed by atoms with E-state index in [0.29, 0.717) is 6.42 Å². The Bertz CT molecular complexity index is 450. The van der Waals surface area contributed by atoms with Crippen molar-refractivity contribution in [2.75, 3.05) is 6.54 Å². The van der Waals surface area contributed by atoms with Gasteiger partial charge in [-0.15, -0.1) is 0 Å². The zero-order chi connectivity index (χ0) is 15.7. The van der Waals surface area contributed by atoms with E-state index in [1.165, 1.54) is 0 Å². The maximum absolute atomic E-state index is 11.4. The van der Waals surface area contributed by atoms with Gasteiger partial charge in [-0.25, -0.2) is 4.79 Å². The molecule has 4 N–H and O–H groups in total. The summed E-state index contributed by atoms with van der Waals surface area (Å²) in [6, 6.07) is 0.649. The van der Waals surface area contributed by atoms with Crippen LogP contribution in [0, 0.1) is 17.2 Å². The highest BCUT2D eigenvalue weighted by molar-refractivity contribution is 5.98. The molecule has 1 atom stereocenters. The summed E-state index contributed by atoms with van der Waals surface area (Å²) in [6.45, 7) is 3.06. The fourth-order valence-electron chi connectivity index (χ4n) is 1.30. The molecule has 0 heterocycles. The molecule has 1 amide bonds. The number of hydrogen-bond donors (Lipinski definition) is 4. The Balaban J connectivity index is 4.71. The van der Waals surface area contributed by atoms with E-state index in [-0.39, 0.29) is 11.5 Å². The number of nitriles is 1. The van der Waals surface area contributed by atoms with E-state index in [1.54, 1.807) is 6.07 Å². The highest BCUT2D eigenvalue weighted by atomic mass is 16.4. The summed E-state index contributed by atoms with van der Waals surface area (Å²) in [5, 5.41) is 30.6. The number of carbonyl (C=O) groups excluding carboxylic acids is 1. The number of rotatable bonds is 8. The van der Waals surface area contributed by atoms with Crippen molar-refractivity contribution in [1.82, 2.24) is 10.6 Å². The van der Waals surface area contributed by atoms with Crippen molar-refractivity contribution in [2.24, 2.45) is 5.92 Å². The minimum Gasteiger partial charge on any atom is -0.480 e. The quantitative estimate of drug-likeness (QED) is 0.353. The molecular formula is C12H17N3O5. The molecular weight excluding hydrogens is 266 g/mol. The lowest BCUT2D eigenvalue weighted by molar-refractivity contribution is -0.139. The molecule has 0 fully saturated rings. The Hall–Kier alpha value is -2.56. The van der Waals surface area contributed by atoms with Crippen LogP contribution in [0.25, 0.3) is 0 Å². The molecule has 0 aliphatic rings. The normalized spacial score (nSPS) is 12.4. The Kier molecular flexibility index (Phi) is 7.43. The third-order valence-electron chi connectivity index (χ3n) is 2.20. The molecule has 0 aromatic rings. The zero-order valence-electron chi connectivity index (χ0n) is 11.2. The first-order valence-electron chi connectivity index (χ1n) is 5.87. The molecule has 8 heteroatoms. The summed E-state index contributed by atoms with van der Waals surface area (Å²) in [4.78, 5) is 32.7. The summed E-state index contributed by atoms with van der Waals surface area (Å²) in [7, 11) is 0. The van der Waals surface area contributed by atoms with Gasteiger partial charge in [-0.3, -0.25) is 9.59 Å². The van der Waals surface area contributed by atoms with Crippen molar-refractivity contribution >= 4 is 17.8 Å². The lowest BCUT2D eigenvalue weighted by atomic mass is 10.0. The topological polar surface area (TPSA) is 140 Å². The van der Waals surface area contributed by atoms with Crippen molar-refractivity contribution in [3.63, 3.8) is 0 Å². The van der Waals surface area contributed by atoms with Crippen LogP contribution in [-0.2, 0) is 14.4 Å². The van der Waals surface area contributed by atoms with E-state index >= 15 is 0 Å². The number of amides is 1. The zero-order valence-corrected chi connectivity index (χ0v) is 11.2. The molecule has 0 bridgehead atoms. The van der Waals surface area contributed by atoms with E-state index in [0.717, 1.165) is 6.20 Å². The lowest BCUT2D eigenvalue weighted by Gasteiger charge is -2.15. The number of hydrogen-bond acceptors (Lipinski definition) is 5. The molecule has 0 aromatic heterocycles. The van der Waals surface area contributed by atoms with Crippen LogP contribution in [0.1, 0.15) is 20.3 Å².